The van der Waals surface area contributed by atoms with Crippen molar-refractivity contribution in [3.8, 4) is 5.75 Å². The summed E-state index contributed by atoms with van der Waals surface area (Å²) in [5.74, 6) is 0.503. The van der Waals surface area contributed by atoms with Gasteiger partial charge in [0.1, 0.15) is 5.75 Å². The van der Waals surface area contributed by atoms with Crippen molar-refractivity contribution in [2.24, 2.45) is 0 Å². The van der Waals surface area contributed by atoms with Gasteiger partial charge in [0.25, 0.3) is 5.91 Å². The Hall–Kier alpha value is -1.75. The summed E-state index contributed by atoms with van der Waals surface area (Å²) in [6.07, 6.45) is 5.17. The van der Waals surface area contributed by atoms with Crippen LogP contribution in [0.4, 0.5) is 5.69 Å². The molecular formula is C16H25N3O2. The highest BCUT2D eigenvalue weighted by Crippen LogP contribution is 2.19. The SMILES string of the molecule is COc1ccc(N)c(C(=O)NCCN2CCCCCC2)c1. The van der Waals surface area contributed by atoms with E-state index in [-0.39, 0.29) is 5.91 Å². The lowest BCUT2D eigenvalue weighted by Gasteiger charge is -2.19. The maximum absolute atomic E-state index is 12.2. The summed E-state index contributed by atoms with van der Waals surface area (Å²) < 4.78 is 5.13. The van der Waals surface area contributed by atoms with E-state index in [9.17, 15) is 4.79 Å². The van der Waals surface area contributed by atoms with E-state index >= 15 is 0 Å². The lowest BCUT2D eigenvalue weighted by molar-refractivity contribution is 0.0949. The Morgan fingerprint density at radius 2 is 2.00 bits per heavy atom. The standard InChI is InChI=1S/C16H25N3O2/c1-21-13-6-7-15(17)14(12-13)16(20)18-8-11-19-9-4-2-3-5-10-19/h6-7,12H,2-5,8-11,17H2,1H3,(H,18,20). The molecular weight excluding hydrogens is 266 g/mol. The molecule has 116 valence electrons. The molecule has 1 aromatic rings. The number of anilines is 1. The van der Waals surface area contributed by atoms with Crippen LogP contribution < -0.4 is 15.8 Å². The van der Waals surface area contributed by atoms with E-state index in [0.717, 1.165) is 19.6 Å². The van der Waals surface area contributed by atoms with Gasteiger partial charge in [0.2, 0.25) is 0 Å². The Balaban J connectivity index is 1.84. The first-order valence-corrected chi connectivity index (χ1v) is 7.65. The fourth-order valence-corrected chi connectivity index (χ4v) is 2.64. The molecule has 0 aromatic heterocycles. The summed E-state index contributed by atoms with van der Waals surface area (Å²) in [5.41, 5.74) is 6.81. The van der Waals surface area contributed by atoms with Gasteiger partial charge in [0.15, 0.2) is 0 Å². The van der Waals surface area contributed by atoms with Crippen LogP contribution in [-0.4, -0.2) is 44.1 Å². The number of carbonyl (C=O) groups is 1. The zero-order valence-electron chi connectivity index (χ0n) is 12.7. The monoisotopic (exact) mass is 291 g/mol. The lowest BCUT2D eigenvalue weighted by Crippen LogP contribution is -2.35. The van der Waals surface area contributed by atoms with Crippen LogP contribution in [0.15, 0.2) is 18.2 Å². The number of methoxy groups -OCH3 is 1. The largest absolute Gasteiger partial charge is 0.497 e. The van der Waals surface area contributed by atoms with Gasteiger partial charge in [-0.05, 0) is 44.1 Å². The number of hydrogen-bond donors (Lipinski definition) is 2. The van der Waals surface area contributed by atoms with Gasteiger partial charge in [-0.15, -0.1) is 0 Å². The summed E-state index contributed by atoms with van der Waals surface area (Å²) in [4.78, 5) is 14.6. The van der Waals surface area contributed by atoms with Crippen molar-refractivity contribution in [2.45, 2.75) is 25.7 Å². The molecule has 21 heavy (non-hydrogen) atoms. The van der Waals surface area contributed by atoms with Crippen molar-refractivity contribution in [1.82, 2.24) is 10.2 Å². The summed E-state index contributed by atoms with van der Waals surface area (Å²) >= 11 is 0. The molecule has 5 nitrogen and oxygen atoms in total. The Morgan fingerprint density at radius 1 is 1.29 bits per heavy atom. The van der Waals surface area contributed by atoms with Crippen LogP contribution in [0.25, 0.3) is 0 Å². The minimum Gasteiger partial charge on any atom is -0.497 e. The smallest absolute Gasteiger partial charge is 0.253 e. The molecule has 1 aliphatic heterocycles. The number of nitrogen functional groups attached to an aromatic ring is 1. The number of amides is 1. The van der Waals surface area contributed by atoms with Crippen molar-refractivity contribution in [1.29, 1.82) is 0 Å². The fraction of sp³-hybridized carbons (Fsp3) is 0.562. The minimum atomic E-state index is -0.138. The van der Waals surface area contributed by atoms with E-state index in [1.165, 1.54) is 25.7 Å². The van der Waals surface area contributed by atoms with E-state index in [0.29, 0.717) is 23.5 Å². The first-order valence-electron chi connectivity index (χ1n) is 7.65. The van der Waals surface area contributed by atoms with Gasteiger partial charge in [0.05, 0.1) is 12.7 Å². The van der Waals surface area contributed by atoms with Gasteiger partial charge in [-0.25, -0.2) is 0 Å². The van der Waals surface area contributed by atoms with E-state index in [1.807, 2.05) is 0 Å². The maximum Gasteiger partial charge on any atom is 0.253 e. The molecule has 1 aromatic carbocycles. The molecule has 5 heteroatoms. The maximum atomic E-state index is 12.2. The molecule has 1 saturated heterocycles. The van der Waals surface area contributed by atoms with Crippen LogP contribution in [0.2, 0.25) is 0 Å². The number of nitrogens with one attached hydrogen (secondary N) is 1. The highest BCUT2D eigenvalue weighted by atomic mass is 16.5. The minimum absolute atomic E-state index is 0.138. The molecule has 1 aliphatic rings. The van der Waals surface area contributed by atoms with Crippen molar-refractivity contribution in [2.75, 3.05) is 39.0 Å². The number of rotatable bonds is 5. The number of benzene rings is 1. The second kappa shape index (κ2) is 7.88. The summed E-state index contributed by atoms with van der Waals surface area (Å²) in [5, 5.41) is 2.94. The first kappa shape index (κ1) is 15.6. The highest BCUT2D eigenvalue weighted by Gasteiger charge is 2.12. The molecule has 0 aliphatic carbocycles. The number of nitrogens with zero attached hydrogens (tertiary/aromatic N) is 1. The zero-order valence-corrected chi connectivity index (χ0v) is 12.7. The van der Waals surface area contributed by atoms with Crippen molar-refractivity contribution >= 4 is 11.6 Å². The van der Waals surface area contributed by atoms with Crippen LogP contribution in [0.3, 0.4) is 0 Å². The average molecular weight is 291 g/mol. The van der Waals surface area contributed by atoms with E-state index in [4.69, 9.17) is 10.5 Å². The summed E-state index contributed by atoms with van der Waals surface area (Å²) in [6, 6.07) is 5.13. The first-order chi connectivity index (χ1) is 10.2. The number of hydrogen-bond acceptors (Lipinski definition) is 4. The molecule has 0 spiro atoms. The van der Waals surface area contributed by atoms with Gasteiger partial charge < -0.3 is 20.7 Å². The van der Waals surface area contributed by atoms with E-state index in [2.05, 4.69) is 10.2 Å². The van der Waals surface area contributed by atoms with Gasteiger partial charge in [-0.2, -0.15) is 0 Å². The van der Waals surface area contributed by atoms with Crippen LogP contribution in [0.5, 0.6) is 5.75 Å². The van der Waals surface area contributed by atoms with Gasteiger partial charge in [-0.1, -0.05) is 12.8 Å². The predicted molar refractivity (Wildman–Crippen MR) is 84.6 cm³/mol. The van der Waals surface area contributed by atoms with Crippen molar-refractivity contribution < 1.29 is 9.53 Å². The Morgan fingerprint density at radius 3 is 2.67 bits per heavy atom. The Kier molecular flexibility index (Phi) is 5.87. The van der Waals surface area contributed by atoms with Gasteiger partial charge >= 0.3 is 0 Å². The van der Waals surface area contributed by atoms with E-state index in [1.54, 1.807) is 25.3 Å². The number of likely N-dealkylation sites (tertiary alicyclic amines) is 1. The third-order valence-corrected chi connectivity index (χ3v) is 3.92. The fourth-order valence-electron chi connectivity index (χ4n) is 2.64. The van der Waals surface area contributed by atoms with Crippen LogP contribution >= 0.6 is 0 Å². The third-order valence-electron chi connectivity index (χ3n) is 3.92. The predicted octanol–water partition coefficient (Wildman–Crippen LogP) is 1.88. The molecule has 3 N–H and O–H groups in total. The molecule has 0 saturated carbocycles. The molecule has 0 bridgehead atoms. The third kappa shape index (κ3) is 4.63. The zero-order chi connectivity index (χ0) is 15.1. The van der Waals surface area contributed by atoms with Crippen LogP contribution in [0, 0.1) is 0 Å². The molecule has 1 heterocycles. The van der Waals surface area contributed by atoms with Crippen LogP contribution in [0.1, 0.15) is 36.0 Å². The molecule has 0 unspecified atom stereocenters. The second-order valence-corrected chi connectivity index (χ2v) is 5.46. The highest BCUT2D eigenvalue weighted by molar-refractivity contribution is 5.99. The molecule has 1 fully saturated rings. The van der Waals surface area contributed by atoms with Crippen molar-refractivity contribution in [3.05, 3.63) is 23.8 Å². The molecule has 0 atom stereocenters. The number of ether oxygens (including phenoxy) is 1. The van der Waals surface area contributed by atoms with Crippen LogP contribution in [-0.2, 0) is 0 Å². The summed E-state index contributed by atoms with van der Waals surface area (Å²) in [6.45, 7) is 3.82. The lowest BCUT2D eigenvalue weighted by atomic mass is 10.1. The normalized spacial score (nSPS) is 16.2. The topological polar surface area (TPSA) is 67.6 Å². The number of nitrogens with two attached hydrogens (primary N) is 1. The molecule has 1 amide bonds. The summed E-state index contributed by atoms with van der Waals surface area (Å²) in [7, 11) is 1.58. The Labute approximate surface area is 126 Å². The second-order valence-electron chi connectivity index (χ2n) is 5.46. The molecule has 2 rings (SSSR count). The van der Waals surface area contributed by atoms with Crippen molar-refractivity contribution in [3.63, 3.8) is 0 Å². The average Bonchev–Trinajstić information content (AvgIpc) is 2.76. The quantitative estimate of drug-likeness (QED) is 0.813. The van der Waals surface area contributed by atoms with Gasteiger partial charge in [0, 0.05) is 18.8 Å². The molecule has 0 radical (unpaired) electrons. The number of carbonyl (C=O) groups excluding carboxylic acids is 1. The van der Waals surface area contributed by atoms with Gasteiger partial charge in [-0.3, -0.25) is 4.79 Å². The Bertz CT molecular complexity index is 469. The van der Waals surface area contributed by atoms with E-state index < -0.39 is 0 Å².